The number of hydrazine groups is 1. The van der Waals surface area contributed by atoms with E-state index >= 15 is 0 Å². The van der Waals surface area contributed by atoms with E-state index in [4.69, 9.17) is 10.6 Å². The molecule has 94 valence electrons. The van der Waals surface area contributed by atoms with E-state index in [1.54, 1.807) is 7.11 Å². The quantitative estimate of drug-likeness (QED) is 0.602. The smallest absolute Gasteiger partial charge is 0.140 e. The van der Waals surface area contributed by atoms with Gasteiger partial charge in [0.25, 0.3) is 0 Å². The molecule has 1 atom stereocenters. The summed E-state index contributed by atoms with van der Waals surface area (Å²) < 4.78 is 5.41. The number of nitrogens with zero attached hydrogens (tertiary/aromatic N) is 2. The lowest BCUT2D eigenvalue weighted by Crippen LogP contribution is -2.38. The number of nitrogens with two attached hydrogens (primary N) is 1. The van der Waals surface area contributed by atoms with Crippen molar-refractivity contribution in [2.45, 2.75) is 25.5 Å². The van der Waals surface area contributed by atoms with Crippen LogP contribution in [0.4, 0.5) is 5.82 Å². The van der Waals surface area contributed by atoms with Gasteiger partial charge in [-0.05, 0) is 31.5 Å². The Morgan fingerprint density at radius 3 is 3.24 bits per heavy atom. The highest BCUT2D eigenvalue weighted by atomic mass is 16.5. The van der Waals surface area contributed by atoms with Gasteiger partial charge in [-0.3, -0.25) is 4.90 Å². The van der Waals surface area contributed by atoms with E-state index in [9.17, 15) is 0 Å². The summed E-state index contributed by atoms with van der Waals surface area (Å²) >= 11 is 0. The second kappa shape index (κ2) is 5.95. The van der Waals surface area contributed by atoms with Gasteiger partial charge in [0, 0.05) is 20.2 Å². The molecule has 1 saturated heterocycles. The zero-order chi connectivity index (χ0) is 12.1. The van der Waals surface area contributed by atoms with Gasteiger partial charge < -0.3 is 10.2 Å². The summed E-state index contributed by atoms with van der Waals surface area (Å²) in [5, 5.41) is 0. The van der Waals surface area contributed by atoms with Crippen LogP contribution in [0, 0.1) is 0 Å². The third-order valence-corrected chi connectivity index (χ3v) is 3.14. The number of ether oxygens (including phenoxy) is 1. The molecule has 0 amide bonds. The summed E-state index contributed by atoms with van der Waals surface area (Å²) in [6.45, 7) is 2.95. The van der Waals surface area contributed by atoms with Crippen LogP contribution in [0.2, 0.25) is 0 Å². The number of nitrogen functional groups attached to an aromatic ring is 1. The van der Waals surface area contributed by atoms with Crippen LogP contribution in [0.25, 0.3) is 0 Å². The summed E-state index contributed by atoms with van der Waals surface area (Å²) in [7, 11) is 1.78. The predicted molar refractivity (Wildman–Crippen MR) is 67.4 cm³/mol. The van der Waals surface area contributed by atoms with Crippen molar-refractivity contribution in [1.82, 2.24) is 9.88 Å². The molecule has 3 N–H and O–H groups in total. The van der Waals surface area contributed by atoms with Gasteiger partial charge in [0.2, 0.25) is 0 Å². The largest absolute Gasteiger partial charge is 0.380 e. The average Bonchev–Trinajstić information content (AvgIpc) is 2.39. The van der Waals surface area contributed by atoms with Crippen LogP contribution in [0.3, 0.4) is 0 Å². The molecule has 0 spiro atoms. The lowest BCUT2D eigenvalue weighted by Gasteiger charge is -2.31. The highest BCUT2D eigenvalue weighted by Gasteiger charge is 2.19. The maximum Gasteiger partial charge on any atom is 0.140 e. The van der Waals surface area contributed by atoms with Crippen LogP contribution in [0.5, 0.6) is 0 Å². The van der Waals surface area contributed by atoms with E-state index in [2.05, 4.69) is 15.3 Å². The van der Waals surface area contributed by atoms with Gasteiger partial charge in [0.1, 0.15) is 5.82 Å². The minimum absolute atomic E-state index is 0.361. The second-order valence-corrected chi connectivity index (χ2v) is 4.39. The van der Waals surface area contributed by atoms with Crippen molar-refractivity contribution in [3.63, 3.8) is 0 Å². The first-order chi connectivity index (χ1) is 8.31. The number of nitrogens with one attached hydrogen (secondary N) is 1. The SMILES string of the molecule is COC1CCCN(Cc2cccc(NN)n2)C1. The van der Waals surface area contributed by atoms with Crippen molar-refractivity contribution in [1.29, 1.82) is 0 Å². The summed E-state index contributed by atoms with van der Waals surface area (Å²) in [5.74, 6) is 6.06. The molecule has 0 radical (unpaired) electrons. The molecule has 0 aromatic carbocycles. The Kier molecular flexibility index (Phi) is 4.30. The Labute approximate surface area is 102 Å². The summed E-state index contributed by atoms with van der Waals surface area (Å²) in [6.07, 6.45) is 2.71. The van der Waals surface area contributed by atoms with Crippen molar-refractivity contribution < 1.29 is 4.74 Å². The number of pyridine rings is 1. The zero-order valence-corrected chi connectivity index (χ0v) is 10.2. The topological polar surface area (TPSA) is 63.4 Å². The fraction of sp³-hybridized carbons (Fsp3) is 0.583. The Morgan fingerprint density at radius 2 is 2.47 bits per heavy atom. The van der Waals surface area contributed by atoms with Gasteiger partial charge in [-0.25, -0.2) is 10.8 Å². The molecular weight excluding hydrogens is 216 g/mol. The number of anilines is 1. The number of likely N-dealkylation sites (tertiary alicyclic amines) is 1. The monoisotopic (exact) mass is 236 g/mol. The summed E-state index contributed by atoms with van der Waals surface area (Å²) in [6, 6.07) is 5.85. The van der Waals surface area contributed by atoms with Gasteiger partial charge in [0.05, 0.1) is 11.8 Å². The van der Waals surface area contributed by atoms with Crippen LogP contribution in [-0.2, 0) is 11.3 Å². The molecule has 2 heterocycles. The maximum atomic E-state index is 5.41. The van der Waals surface area contributed by atoms with E-state index < -0.39 is 0 Å². The standard InChI is InChI=1S/C12H20N4O/c1-17-11-5-3-7-16(9-11)8-10-4-2-6-12(14-10)15-13/h2,4,6,11H,3,5,7-9,13H2,1H3,(H,14,15). The van der Waals surface area contributed by atoms with E-state index in [0.717, 1.165) is 31.7 Å². The molecule has 0 bridgehead atoms. The van der Waals surface area contributed by atoms with E-state index in [-0.39, 0.29) is 0 Å². The molecular formula is C12H20N4O. The maximum absolute atomic E-state index is 5.41. The molecule has 0 saturated carbocycles. The molecule has 5 nitrogen and oxygen atoms in total. The number of hydrogen-bond donors (Lipinski definition) is 2. The lowest BCUT2D eigenvalue weighted by atomic mass is 10.1. The molecule has 1 unspecified atom stereocenters. The molecule has 5 heteroatoms. The third kappa shape index (κ3) is 3.39. The van der Waals surface area contributed by atoms with Crippen molar-refractivity contribution in [2.75, 3.05) is 25.6 Å². The minimum atomic E-state index is 0.361. The minimum Gasteiger partial charge on any atom is -0.380 e. The first kappa shape index (κ1) is 12.3. The molecule has 1 aromatic rings. The van der Waals surface area contributed by atoms with Crippen LogP contribution in [0.1, 0.15) is 18.5 Å². The van der Waals surface area contributed by atoms with Crippen LogP contribution in [0.15, 0.2) is 18.2 Å². The van der Waals surface area contributed by atoms with Crippen molar-refractivity contribution in [3.05, 3.63) is 23.9 Å². The summed E-state index contributed by atoms with van der Waals surface area (Å²) in [4.78, 5) is 6.79. The number of methoxy groups -OCH3 is 1. The van der Waals surface area contributed by atoms with Crippen molar-refractivity contribution in [3.8, 4) is 0 Å². The second-order valence-electron chi connectivity index (χ2n) is 4.39. The van der Waals surface area contributed by atoms with Crippen molar-refractivity contribution in [2.24, 2.45) is 5.84 Å². The molecule has 1 aromatic heterocycles. The van der Waals surface area contributed by atoms with Gasteiger partial charge in [-0.2, -0.15) is 0 Å². The van der Waals surface area contributed by atoms with Crippen LogP contribution in [-0.4, -0.2) is 36.2 Å². The first-order valence-electron chi connectivity index (χ1n) is 5.99. The molecule has 1 aliphatic rings. The Hall–Kier alpha value is -1.17. The van der Waals surface area contributed by atoms with Crippen LogP contribution < -0.4 is 11.3 Å². The van der Waals surface area contributed by atoms with E-state index in [1.807, 2.05) is 18.2 Å². The van der Waals surface area contributed by atoms with Gasteiger partial charge >= 0.3 is 0 Å². The highest BCUT2D eigenvalue weighted by Crippen LogP contribution is 2.15. The zero-order valence-electron chi connectivity index (χ0n) is 10.2. The fourth-order valence-corrected chi connectivity index (χ4v) is 2.23. The Balaban J connectivity index is 1.95. The van der Waals surface area contributed by atoms with E-state index in [1.165, 1.54) is 6.42 Å². The molecule has 17 heavy (non-hydrogen) atoms. The van der Waals surface area contributed by atoms with Gasteiger partial charge in [0.15, 0.2) is 0 Å². The Morgan fingerprint density at radius 1 is 1.59 bits per heavy atom. The average molecular weight is 236 g/mol. The fourth-order valence-electron chi connectivity index (χ4n) is 2.23. The molecule has 1 aliphatic heterocycles. The molecule has 2 rings (SSSR count). The third-order valence-electron chi connectivity index (χ3n) is 3.14. The number of aromatic nitrogens is 1. The van der Waals surface area contributed by atoms with Gasteiger partial charge in [-0.15, -0.1) is 0 Å². The van der Waals surface area contributed by atoms with Crippen LogP contribution >= 0.6 is 0 Å². The van der Waals surface area contributed by atoms with Gasteiger partial charge in [-0.1, -0.05) is 6.07 Å². The first-order valence-corrected chi connectivity index (χ1v) is 5.99. The molecule has 1 fully saturated rings. The number of hydrogen-bond acceptors (Lipinski definition) is 5. The number of piperidine rings is 1. The normalized spacial score (nSPS) is 21.4. The highest BCUT2D eigenvalue weighted by molar-refractivity contribution is 5.33. The molecule has 0 aliphatic carbocycles. The lowest BCUT2D eigenvalue weighted by molar-refractivity contribution is 0.0281. The van der Waals surface area contributed by atoms with E-state index in [0.29, 0.717) is 11.9 Å². The van der Waals surface area contributed by atoms with Crippen molar-refractivity contribution >= 4 is 5.82 Å². The number of rotatable bonds is 4. The predicted octanol–water partition coefficient (Wildman–Crippen LogP) is 0.978. The summed E-state index contributed by atoms with van der Waals surface area (Å²) in [5.41, 5.74) is 3.61. The Bertz CT molecular complexity index is 358.